The van der Waals surface area contributed by atoms with Crippen molar-refractivity contribution in [3.63, 3.8) is 0 Å². The van der Waals surface area contributed by atoms with Crippen molar-refractivity contribution < 1.29 is 20.1 Å². The van der Waals surface area contributed by atoms with E-state index in [1.165, 1.54) is 0 Å². The van der Waals surface area contributed by atoms with Gasteiger partial charge in [0.25, 0.3) is 0 Å². The number of rotatable bonds is 7. The maximum Gasteiger partial charge on any atom is 0.125 e. The van der Waals surface area contributed by atoms with Gasteiger partial charge in [0.1, 0.15) is 5.75 Å². The fraction of sp³-hybridized carbons (Fsp3) is 0.684. The van der Waals surface area contributed by atoms with Crippen molar-refractivity contribution in [1.29, 1.82) is 0 Å². The van der Waals surface area contributed by atoms with Crippen molar-refractivity contribution in [2.75, 3.05) is 7.11 Å². The summed E-state index contributed by atoms with van der Waals surface area (Å²) in [6.45, 7) is 10.9. The molecule has 132 valence electrons. The van der Waals surface area contributed by atoms with E-state index in [2.05, 4.69) is 0 Å². The summed E-state index contributed by atoms with van der Waals surface area (Å²) in [4.78, 5) is 0. The van der Waals surface area contributed by atoms with Gasteiger partial charge in [-0.05, 0) is 63.3 Å². The number of hydrogen-bond acceptors (Lipinski definition) is 4. The zero-order valence-electron chi connectivity index (χ0n) is 15.5. The lowest BCUT2D eigenvalue weighted by Crippen LogP contribution is -2.31. The Kier molecular flexibility index (Phi) is 5.89. The lowest BCUT2D eigenvalue weighted by molar-refractivity contribution is 0.0247. The molecule has 4 heteroatoms. The van der Waals surface area contributed by atoms with Crippen LogP contribution < -0.4 is 4.74 Å². The van der Waals surface area contributed by atoms with Gasteiger partial charge in [0.05, 0.1) is 23.9 Å². The summed E-state index contributed by atoms with van der Waals surface area (Å²) in [6.07, 6.45) is 1.52. The second-order valence-corrected chi connectivity index (χ2v) is 6.98. The molecule has 1 rings (SSSR count). The van der Waals surface area contributed by atoms with Gasteiger partial charge in [0.2, 0.25) is 0 Å². The molecule has 0 radical (unpaired) electrons. The molecule has 0 aromatic heterocycles. The molecule has 0 saturated carbocycles. The Bertz CT molecular complexity index is 545. The van der Waals surface area contributed by atoms with Crippen LogP contribution in [0.2, 0.25) is 0 Å². The maximum atomic E-state index is 10.8. The molecule has 0 aliphatic carbocycles. The van der Waals surface area contributed by atoms with Crippen LogP contribution in [0.15, 0.2) is 12.1 Å². The highest BCUT2D eigenvalue weighted by atomic mass is 16.5. The van der Waals surface area contributed by atoms with Gasteiger partial charge in [0.15, 0.2) is 0 Å². The Morgan fingerprint density at radius 1 is 0.739 bits per heavy atom. The zero-order chi connectivity index (χ0) is 18.1. The van der Waals surface area contributed by atoms with E-state index in [4.69, 9.17) is 4.74 Å². The van der Waals surface area contributed by atoms with Crippen molar-refractivity contribution in [2.24, 2.45) is 0 Å². The summed E-state index contributed by atoms with van der Waals surface area (Å²) in [5.41, 5.74) is -1.35. The lowest BCUT2D eigenvalue weighted by Gasteiger charge is -2.35. The maximum absolute atomic E-state index is 10.8. The first kappa shape index (κ1) is 19.9. The number of methoxy groups -OCH3 is 1. The Morgan fingerprint density at radius 2 is 1.09 bits per heavy atom. The highest BCUT2D eigenvalue weighted by Crippen LogP contribution is 2.42. The molecule has 0 spiro atoms. The van der Waals surface area contributed by atoms with E-state index in [1.54, 1.807) is 40.0 Å². The van der Waals surface area contributed by atoms with E-state index in [0.29, 0.717) is 41.7 Å². The van der Waals surface area contributed by atoms with Crippen molar-refractivity contribution in [3.8, 4) is 5.75 Å². The minimum Gasteiger partial charge on any atom is -0.496 e. The third kappa shape index (κ3) is 3.87. The predicted molar refractivity (Wildman–Crippen MR) is 92.6 cm³/mol. The second kappa shape index (κ2) is 6.80. The highest BCUT2D eigenvalue weighted by Gasteiger charge is 2.35. The minimum absolute atomic E-state index is 0.500. The Labute approximate surface area is 140 Å². The molecule has 1 aromatic carbocycles. The van der Waals surface area contributed by atoms with Crippen LogP contribution in [0, 0.1) is 0 Å². The molecule has 3 N–H and O–H groups in total. The van der Waals surface area contributed by atoms with Crippen LogP contribution in [0.5, 0.6) is 5.75 Å². The lowest BCUT2D eigenvalue weighted by atomic mass is 9.78. The van der Waals surface area contributed by atoms with E-state index in [-0.39, 0.29) is 0 Å². The molecule has 0 fully saturated rings. The van der Waals surface area contributed by atoms with Crippen LogP contribution in [-0.2, 0) is 16.8 Å². The summed E-state index contributed by atoms with van der Waals surface area (Å²) in [5, 5.41) is 32.3. The van der Waals surface area contributed by atoms with Crippen molar-refractivity contribution >= 4 is 0 Å². The zero-order valence-corrected chi connectivity index (χ0v) is 15.5. The van der Waals surface area contributed by atoms with Crippen LogP contribution in [-0.4, -0.2) is 22.4 Å². The summed E-state index contributed by atoms with van der Waals surface area (Å²) in [6, 6.07) is 3.54. The van der Waals surface area contributed by atoms with Gasteiger partial charge in [-0.1, -0.05) is 20.8 Å². The van der Waals surface area contributed by atoms with Crippen molar-refractivity contribution in [1.82, 2.24) is 0 Å². The van der Waals surface area contributed by atoms with Crippen LogP contribution in [0.1, 0.15) is 77.5 Å². The Morgan fingerprint density at radius 3 is 1.43 bits per heavy atom. The average Bonchev–Trinajstić information content (AvgIpc) is 2.53. The van der Waals surface area contributed by atoms with Gasteiger partial charge in [-0.3, -0.25) is 0 Å². The van der Waals surface area contributed by atoms with Gasteiger partial charge in [-0.15, -0.1) is 0 Å². The molecule has 0 heterocycles. The largest absolute Gasteiger partial charge is 0.496 e. The molecule has 3 unspecified atom stereocenters. The first-order chi connectivity index (χ1) is 10.5. The molecular formula is C19H32O4. The second-order valence-electron chi connectivity index (χ2n) is 6.98. The molecule has 0 saturated heterocycles. The number of ether oxygens (including phenoxy) is 1. The van der Waals surface area contributed by atoms with Gasteiger partial charge >= 0.3 is 0 Å². The van der Waals surface area contributed by atoms with Crippen LogP contribution in [0.3, 0.4) is 0 Å². The smallest absolute Gasteiger partial charge is 0.125 e. The predicted octanol–water partition coefficient (Wildman–Crippen LogP) is 3.55. The minimum atomic E-state index is -1.10. The van der Waals surface area contributed by atoms with E-state index in [0.717, 1.165) is 0 Å². The van der Waals surface area contributed by atoms with E-state index < -0.39 is 16.8 Å². The van der Waals surface area contributed by atoms with E-state index in [9.17, 15) is 15.3 Å². The van der Waals surface area contributed by atoms with E-state index >= 15 is 0 Å². The third-order valence-corrected chi connectivity index (χ3v) is 5.15. The molecule has 23 heavy (non-hydrogen) atoms. The topological polar surface area (TPSA) is 69.9 Å². The van der Waals surface area contributed by atoms with Crippen molar-refractivity contribution in [2.45, 2.75) is 77.6 Å². The summed E-state index contributed by atoms with van der Waals surface area (Å²) in [5.74, 6) is 0.524. The molecule has 4 nitrogen and oxygen atoms in total. The number of benzene rings is 1. The first-order valence-corrected chi connectivity index (χ1v) is 8.37. The van der Waals surface area contributed by atoms with Gasteiger partial charge in [0, 0.05) is 5.56 Å². The normalized spacial score (nSPS) is 19.6. The van der Waals surface area contributed by atoms with Gasteiger partial charge in [-0.2, -0.15) is 0 Å². The number of aliphatic hydroxyl groups is 3. The van der Waals surface area contributed by atoms with E-state index in [1.807, 2.05) is 20.8 Å². The highest BCUT2D eigenvalue weighted by molar-refractivity contribution is 5.49. The molecule has 0 bridgehead atoms. The van der Waals surface area contributed by atoms with Crippen LogP contribution in [0.25, 0.3) is 0 Å². The molecular weight excluding hydrogens is 292 g/mol. The fourth-order valence-corrected chi connectivity index (χ4v) is 2.63. The Hall–Kier alpha value is -1.10. The van der Waals surface area contributed by atoms with Crippen LogP contribution >= 0.6 is 0 Å². The monoisotopic (exact) mass is 324 g/mol. The molecule has 0 aliphatic rings. The fourth-order valence-electron chi connectivity index (χ4n) is 2.63. The average molecular weight is 324 g/mol. The molecule has 1 aromatic rings. The molecule has 0 amide bonds. The summed E-state index contributed by atoms with van der Waals surface area (Å²) < 4.78 is 5.46. The molecule has 3 atom stereocenters. The molecule has 0 aliphatic heterocycles. The summed E-state index contributed by atoms with van der Waals surface area (Å²) >= 11 is 0. The van der Waals surface area contributed by atoms with Crippen molar-refractivity contribution in [3.05, 3.63) is 28.8 Å². The number of hydrogen-bond donors (Lipinski definition) is 3. The Balaban J connectivity index is 3.79. The third-order valence-electron chi connectivity index (χ3n) is 5.15. The van der Waals surface area contributed by atoms with Gasteiger partial charge in [-0.25, -0.2) is 0 Å². The summed E-state index contributed by atoms with van der Waals surface area (Å²) in [7, 11) is 1.55. The first-order valence-electron chi connectivity index (χ1n) is 8.37. The standard InChI is InChI=1S/C19H32O4/c1-8-17(4,20)13-11-15(19(6,22)10-3)16(23-7)12-14(13)18(5,21)9-2/h11-12,20-22H,8-10H2,1-7H3. The van der Waals surface area contributed by atoms with Gasteiger partial charge < -0.3 is 20.1 Å². The SMILES string of the molecule is CCC(C)(O)c1cc(C(C)(O)CC)c(C(C)(O)CC)cc1OC. The van der Waals surface area contributed by atoms with Crippen LogP contribution in [0.4, 0.5) is 0 Å². The quantitative estimate of drug-likeness (QED) is 0.717.